The Hall–Kier alpha value is -5.58. The van der Waals surface area contributed by atoms with Gasteiger partial charge in [-0.15, -0.1) is 10.2 Å². The number of aryl methyl sites for hydroxylation is 2. The van der Waals surface area contributed by atoms with Gasteiger partial charge in [0, 0.05) is 36.4 Å². The Kier molecular flexibility index (Phi) is 9.60. The topological polar surface area (TPSA) is 305 Å². The Balaban J connectivity index is 0.000000188. The molecule has 2 fully saturated rings. The minimum atomic E-state index is -1.22. The van der Waals surface area contributed by atoms with Crippen LogP contribution in [0.3, 0.4) is 0 Å². The molecule has 0 amide bonds. The molecule has 0 bridgehead atoms. The molecule has 256 valence electrons. The van der Waals surface area contributed by atoms with Gasteiger partial charge in [0.2, 0.25) is 0 Å². The summed E-state index contributed by atoms with van der Waals surface area (Å²) in [6, 6.07) is -1.12. The maximum absolute atomic E-state index is 12.0. The zero-order valence-corrected chi connectivity index (χ0v) is 25.2. The van der Waals surface area contributed by atoms with E-state index in [2.05, 4.69) is 30.6 Å². The van der Waals surface area contributed by atoms with Crippen LogP contribution in [0.15, 0.2) is 44.0 Å². The van der Waals surface area contributed by atoms with E-state index >= 15 is 0 Å². The zero-order chi connectivity index (χ0) is 34.9. The lowest BCUT2D eigenvalue weighted by Gasteiger charge is -2.16. The molecule has 0 saturated carbocycles. The summed E-state index contributed by atoms with van der Waals surface area (Å²) in [6.07, 6.45) is 2.54. The van der Waals surface area contributed by atoms with Crippen LogP contribution in [0.4, 0.5) is 0 Å². The molecule has 2 aliphatic heterocycles. The number of aliphatic hydroxyl groups excluding tert-OH is 2. The van der Waals surface area contributed by atoms with Crippen LogP contribution in [0.25, 0.3) is 0 Å². The number of ether oxygens (including phenoxy) is 2. The first-order valence-corrected chi connectivity index (χ1v) is 14.3. The number of carboxylic acid groups (broad SMARTS) is 2. The highest BCUT2D eigenvalue weighted by Crippen LogP contribution is 2.37. The fourth-order valence-electron chi connectivity index (χ4n) is 5.41. The van der Waals surface area contributed by atoms with Crippen molar-refractivity contribution in [2.45, 2.75) is 63.4 Å². The molecule has 4 aromatic rings. The highest BCUT2D eigenvalue weighted by atomic mass is 16.5. The number of carboxylic acids is 2. The lowest BCUT2D eigenvalue weighted by atomic mass is 10.1. The van der Waals surface area contributed by atoms with E-state index in [1.54, 1.807) is 13.8 Å². The second kappa shape index (κ2) is 13.6. The van der Waals surface area contributed by atoms with Crippen molar-refractivity contribution in [1.82, 2.24) is 49.1 Å². The molecule has 6 heterocycles. The van der Waals surface area contributed by atoms with Gasteiger partial charge in [-0.1, -0.05) is 10.4 Å². The van der Waals surface area contributed by atoms with Gasteiger partial charge >= 0.3 is 23.3 Å². The summed E-state index contributed by atoms with van der Waals surface area (Å²) in [5.74, 6) is -2.43. The number of nitrogens with one attached hydrogen (secondary N) is 2. The number of aliphatic hydroxyl groups is 2. The summed E-state index contributed by atoms with van der Waals surface area (Å²) in [5, 5.41) is 51.7. The first-order valence-electron chi connectivity index (χ1n) is 14.3. The number of hydrogen-bond donors (Lipinski definition) is 6. The Labute approximate surface area is 266 Å². The summed E-state index contributed by atoms with van der Waals surface area (Å²) in [5.41, 5.74) is -1.95. The molecule has 22 nitrogen and oxygen atoms in total. The van der Waals surface area contributed by atoms with E-state index in [0.29, 0.717) is 11.1 Å². The van der Waals surface area contributed by atoms with Crippen LogP contribution in [0.2, 0.25) is 0 Å². The Morgan fingerprint density at radius 3 is 1.81 bits per heavy atom. The number of hydrogen-bond acceptors (Lipinski definition) is 14. The van der Waals surface area contributed by atoms with E-state index in [0.717, 1.165) is 10.9 Å². The molecule has 6 atom stereocenters. The van der Waals surface area contributed by atoms with Gasteiger partial charge in [0.1, 0.15) is 24.7 Å². The van der Waals surface area contributed by atoms with Crippen molar-refractivity contribution in [3.8, 4) is 0 Å². The quantitative estimate of drug-likeness (QED) is 0.111. The maximum Gasteiger partial charge on any atom is 0.358 e. The summed E-state index contributed by atoms with van der Waals surface area (Å²) in [7, 11) is 0. The fourth-order valence-corrected chi connectivity index (χ4v) is 5.41. The second-order valence-corrected chi connectivity index (χ2v) is 10.9. The van der Waals surface area contributed by atoms with Gasteiger partial charge in [0.05, 0.1) is 37.7 Å². The number of rotatable bonds is 8. The minimum Gasteiger partial charge on any atom is -0.476 e. The van der Waals surface area contributed by atoms with Gasteiger partial charge in [-0.25, -0.2) is 28.5 Å². The van der Waals surface area contributed by atoms with Gasteiger partial charge in [-0.2, -0.15) is 0 Å². The van der Waals surface area contributed by atoms with E-state index < -0.39 is 77.8 Å². The second-order valence-electron chi connectivity index (χ2n) is 10.9. The number of aromatic amines is 2. The average molecular weight is 675 g/mol. The van der Waals surface area contributed by atoms with Crippen molar-refractivity contribution in [3.63, 3.8) is 0 Å². The largest absolute Gasteiger partial charge is 0.476 e. The molecule has 4 aromatic heterocycles. The van der Waals surface area contributed by atoms with Crippen molar-refractivity contribution in [2.75, 3.05) is 13.2 Å². The standard InChI is InChI=1S/2C13H15N5O6/c1-6-4-17(13(23)15-11(6)20)10-2-7(9(5-19)24-10)18-8(12(21)22)3-14-16-18;1-6-3-17(13(23)14-11(6)20)10-2-8(9(5-19)24-10)18-4-7(12(21)22)15-16-18/h3-4,7,9-10,19H,2,5H2,1H3,(H,21,22)(H,15,20,23);3-4,8-10,19H,2,5H2,1H3,(H,21,22)(H,14,20,23)/t7-,9+,10+;8-,9+,10+/m00/s1. The summed E-state index contributed by atoms with van der Waals surface area (Å²) in [4.78, 5) is 73.3. The molecule has 6 N–H and O–H groups in total. The number of nitrogens with zero attached hydrogens (tertiary/aromatic N) is 8. The number of H-pyrrole nitrogens is 2. The Morgan fingerprint density at radius 1 is 0.812 bits per heavy atom. The molecule has 22 heteroatoms. The molecular weight excluding hydrogens is 644 g/mol. The van der Waals surface area contributed by atoms with E-state index in [1.807, 2.05) is 0 Å². The highest BCUT2D eigenvalue weighted by Gasteiger charge is 2.40. The molecule has 2 aliphatic rings. The summed E-state index contributed by atoms with van der Waals surface area (Å²) >= 11 is 0. The van der Waals surface area contributed by atoms with Crippen LogP contribution in [0.1, 0.15) is 69.5 Å². The lowest BCUT2D eigenvalue weighted by molar-refractivity contribution is -0.0325. The molecule has 0 spiro atoms. The third-order valence-electron chi connectivity index (χ3n) is 7.86. The van der Waals surface area contributed by atoms with Crippen molar-refractivity contribution >= 4 is 11.9 Å². The van der Waals surface area contributed by atoms with E-state index in [9.17, 15) is 39.0 Å². The third kappa shape index (κ3) is 6.62. The monoisotopic (exact) mass is 674 g/mol. The van der Waals surface area contributed by atoms with E-state index in [-0.39, 0.29) is 30.8 Å². The predicted molar refractivity (Wildman–Crippen MR) is 155 cm³/mol. The van der Waals surface area contributed by atoms with Crippen LogP contribution in [0.5, 0.6) is 0 Å². The van der Waals surface area contributed by atoms with E-state index in [1.165, 1.54) is 32.4 Å². The van der Waals surface area contributed by atoms with Crippen molar-refractivity contribution in [2.24, 2.45) is 0 Å². The first-order chi connectivity index (χ1) is 22.8. The number of aromatic carboxylic acids is 2. The van der Waals surface area contributed by atoms with Gasteiger partial charge in [-0.05, 0) is 13.8 Å². The highest BCUT2D eigenvalue weighted by molar-refractivity contribution is 5.85. The normalized spacial score (nSPS) is 23.5. The molecule has 0 aliphatic carbocycles. The smallest absolute Gasteiger partial charge is 0.358 e. The van der Waals surface area contributed by atoms with Gasteiger partial charge in [0.25, 0.3) is 11.1 Å². The number of aromatic nitrogens is 10. The minimum absolute atomic E-state index is 0.146. The van der Waals surface area contributed by atoms with Crippen LogP contribution in [-0.2, 0) is 9.47 Å². The summed E-state index contributed by atoms with van der Waals surface area (Å²) < 4.78 is 16.2. The predicted octanol–water partition coefficient (Wildman–Crippen LogP) is -2.69. The summed E-state index contributed by atoms with van der Waals surface area (Å²) in [6.45, 7) is 2.36. The zero-order valence-electron chi connectivity index (χ0n) is 25.2. The van der Waals surface area contributed by atoms with Crippen LogP contribution in [0, 0.1) is 13.8 Å². The maximum atomic E-state index is 12.0. The van der Waals surface area contributed by atoms with Crippen LogP contribution >= 0.6 is 0 Å². The molecular formula is C26H30N10O12. The molecule has 2 saturated heterocycles. The number of carbonyl (C=O) groups is 2. The third-order valence-corrected chi connectivity index (χ3v) is 7.86. The van der Waals surface area contributed by atoms with E-state index in [4.69, 9.17) is 19.7 Å². The SMILES string of the molecule is Cc1cn([C@H]2C[C@H](n3cc(C(=O)O)nn3)[C@@H](CO)O2)c(=O)[nH]c1=O.Cc1cn([C@H]2C[C@H](n3nncc3C(=O)O)[C@@H](CO)O2)c(=O)[nH]c1=O. The first kappa shape index (κ1) is 33.8. The molecule has 0 unspecified atom stereocenters. The molecule has 0 aromatic carbocycles. The van der Waals surface area contributed by atoms with Crippen LogP contribution in [-0.4, -0.2) is 107 Å². The van der Waals surface area contributed by atoms with Gasteiger partial charge < -0.3 is 29.9 Å². The molecule has 0 radical (unpaired) electrons. The van der Waals surface area contributed by atoms with Crippen molar-refractivity contribution in [3.05, 3.63) is 89.0 Å². The van der Waals surface area contributed by atoms with Crippen molar-refractivity contribution < 1.29 is 39.5 Å². The molecule has 48 heavy (non-hydrogen) atoms. The van der Waals surface area contributed by atoms with Gasteiger partial charge in [0.15, 0.2) is 11.4 Å². The lowest BCUT2D eigenvalue weighted by Crippen LogP contribution is -2.33. The van der Waals surface area contributed by atoms with Crippen LogP contribution < -0.4 is 22.5 Å². The fraction of sp³-hybridized carbons (Fsp3) is 0.462. The molecule has 6 rings (SSSR count). The Morgan fingerprint density at radius 2 is 1.33 bits per heavy atom. The van der Waals surface area contributed by atoms with Gasteiger partial charge in [-0.3, -0.25) is 28.7 Å². The van der Waals surface area contributed by atoms with Crippen molar-refractivity contribution in [1.29, 1.82) is 0 Å². The average Bonchev–Trinajstić information content (AvgIpc) is 3.85. The Bertz CT molecular complexity index is 2060.